The summed E-state index contributed by atoms with van der Waals surface area (Å²) in [5.41, 5.74) is 0.365. The molecule has 4 heterocycles. The zero-order chi connectivity index (χ0) is 24.3. The number of hydrogen-bond acceptors (Lipinski definition) is 5. The topological polar surface area (TPSA) is 46.8 Å². The summed E-state index contributed by atoms with van der Waals surface area (Å²) >= 11 is 1.57. The molecule has 0 radical (unpaired) electrons. The minimum atomic E-state index is -4.56. The van der Waals surface area contributed by atoms with Crippen LogP contribution in [-0.2, 0) is 19.1 Å². The van der Waals surface area contributed by atoms with Gasteiger partial charge in [0.05, 0.1) is 11.3 Å². The summed E-state index contributed by atoms with van der Waals surface area (Å²) < 4.78 is 60.0. The van der Waals surface area contributed by atoms with Gasteiger partial charge in [0.2, 0.25) is 0 Å². The standard InChI is InChI=1S/C25H27F4N5S/c1-14-9-23(35-32-14)33-12-15-4-5-16(13-33)20(15)11-22-30-24-19(3-2-8-34(24)31-22)18-7-6-17(10-21(18)26)25(27,28)29/h6-7,9-10,15-16,19-20H,2-5,8,11-13H2,1H3/t15-,16+,19?,20?. The first-order valence-corrected chi connectivity index (χ1v) is 13.0. The van der Waals surface area contributed by atoms with Crippen molar-refractivity contribution in [3.05, 3.63) is 58.6 Å². The van der Waals surface area contributed by atoms with Gasteiger partial charge in [-0.1, -0.05) is 6.07 Å². The van der Waals surface area contributed by atoms with Gasteiger partial charge in [0, 0.05) is 32.0 Å². The van der Waals surface area contributed by atoms with Crippen molar-refractivity contribution in [3.8, 4) is 0 Å². The fraction of sp³-hybridized carbons (Fsp3) is 0.560. The summed E-state index contributed by atoms with van der Waals surface area (Å²) in [5.74, 6) is 1.94. The average molecular weight is 506 g/mol. The number of nitrogens with zero attached hydrogens (tertiary/aromatic N) is 5. The Hall–Kier alpha value is -2.49. The predicted octanol–water partition coefficient (Wildman–Crippen LogP) is 5.83. The highest BCUT2D eigenvalue weighted by Gasteiger charge is 2.43. The average Bonchev–Trinajstić information content (AvgIpc) is 3.48. The smallest absolute Gasteiger partial charge is 0.362 e. The number of alkyl halides is 3. The van der Waals surface area contributed by atoms with Crippen molar-refractivity contribution < 1.29 is 17.6 Å². The maximum Gasteiger partial charge on any atom is 0.416 e. The molecular weight excluding hydrogens is 478 g/mol. The van der Waals surface area contributed by atoms with Crippen molar-refractivity contribution in [1.29, 1.82) is 0 Å². The SMILES string of the molecule is Cc1cc(N2C[C@H]3CC[C@@H](C2)C3Cc2nc3n(n2)CCCC3c2ccc(C(F)(F)F)cc2F)sn1. The lowest BCUT2D eigenvalue weighted by Crippen LogP contribution is -2.42. The van der Waals surface area contributed by atoms with Gasteiger partial charge in [-0.3, -0.25) is 0 Å². The highest BCUT2D eigenvalue weighted by molar-refractivity contribution is 7.10. The summed E-state index contributed by atoms with van der Waals surface area (Å²) in [5, 5.41) is 6.01. The van der Waals surface area contributed by atoms with E-state index in [1.807, 2.05) is 11.6 Å². The molecule has 4 atom stereocenters. The van der Waals surface area contributed by atoms with E-state index < -0.39 is 17.6 Å². The van der Waals surface area contributed by atoms with E-state index in [1.54, 1.807) is 11.5 Å². The quantitative estimate of drug-likeness (QED) is 0.419. The molecule has 3 aromatic rings. The molecule has 2 aromatic heterocycles. The van der Waals surface area contributed by atoms with Gasteiger partial charge in [-0.05, 0) is 85.7 Å². The molecule has 2 unspecified atom stereocenters. The van der Waals surface area contributed by atoms with Gasteiger partial charge in [-0.2, -0.15) is 22.6 Å². The largest absolute Gasteiger partial charge is 0.416 e. The lowest BCUT2D eigenvalue weighted by molar-refractivity contribution is -0.137. The molecule has 0 amide bonds. The highest BCUT2D eigenvalue weighted by Crippen LogP contribution is 2.45. The molecule has 2 bridgehead atoms. The zero-order valence-electron chi connectivity index (χ0n) is 19.4. The van der Waals surface area contributed by atoms with Crippen LogP contribution in [0, 0.1) is 30.5 Å². The van der Waals surface area contributed by atoms with Crippen molar-refractivity contribution in [2.24, 2.45) is 17.8 Å². The molecule has 6 rings (SSSR count). The summed E-state index contributed by atoms with van der Waals surface area (Å²) in [6.07, 6.45) is 0.0876. The first-order chi connectivity index (χ1) is 16.8. The second-order valence-electron chi connectivity index (χ2n) is 10.2. The highest BCUT2D eigenvalue weighted by atomic mass is 32.1. The molecule has 1 saturated carbocycles. The minimum absolute atomic E-state index is 0.270. The van der Waals surface area contributed by atoms with Crippen molar-refractivity contribution in [1.82, 2.24) is 19.1 Å². The molecular formula is C25H27F4N5S. The van der Waals surface area contributed by atoms with E-state index >= 15 is 0 Å². The van der Waals surface area contributed by atoms with Gasteiger partial charge in [0.15, 0.2) is 5.82 Å². The van der Waals surface area contributed by atoms with Gasteiger partial charge in [-0.15, -0.1) is 0 Å². The first kappa shape index (κ1) is 22.9. The van der Waals surface area contributed by atoms with Crippen LogP contribution < -0.4 is 4.90 Å². The van der Waals surface area contributed by atoms with Crippen LogP contribution in [0.4, 0.5) is 22.6 Å². The van der Waals surface area contributed by atoms with Gasteiger partial charge in [-0.25, -0.2) is 14.1 Å². The summed E-state index contributed by atoms with van der Waals surface area (Å²) in [6.45, 7) is 4.78. The Morgan fingerprint density at radius 1 is 1.09 bits per heavy atom. The Morgan fingerprint density at radius 3 is 2.51 bits per heavy atom. The van der Waals surface area contributed by atoms with Crippen LogP contribution >= 0.6 is 11.5 Å². The van der Waals surface area contributed by atoms with E-state index in [0.29, 0.717) is 42.6 Å². The van der Waals surface area contributed by atoms with Crippen molar-refractivity contribution in [2.75, 3.05) is 18.0 Å². The maximum atomic E-state index is 14.8. The Kier molecular flexibility index (Phi) is 5.62. The number of piperidine rings is 1. The van der Waals surface area contributed by atoms with Crippen LogP contribution in [0.5, 0.6) is 0 Å². The molecule has 5 nitrogen and oxygen atoms in total. The number of hydrogen-bond donors (Lipinski definition) is 0. The number of anilines is 1. The molecule has 35 heavy (non-hydrogen) atoms. The van der Waals surface area contributed by atoms with E-state index in [1.165, 1.54) is 23.9 Å². The van der Waals surface area contributed by atoms with Crippen LogP contribution in [0.15, 0.2) is 24.3 Å². The molecule has 0 N–H and O–H groups in total. The second kappa shape index (κ2) is 8.57. The lowest BCUT2D eigenvalue weighted by Gasteiger charge is -2.38. The molecule has 1 aromatic carbocycles. The molecule has 186 valence electrons. The minimum Gasteiger partial charge on any atom is -0.362 e. The molecule has 2 fully saturated rings. The fourth-order valence-corrected chi connectivity index (χ4v) is 7.10. The van der Waals surface area contributed by atoms with E-state index in [2.05, 4.69) is 15.3 Å². The number of halogens is 4. The van der Waals surface area contributed by atoms with Crippen molar-refractivity contribution in [2.45, 2.75) is 57.7 Å². The Labute approximate surface area is 205 Å². The van der Waals surface area contributed by atoms with E-state index in [0.717, 1.165) is 43.5 Å². The van der Waals surface area contributed by atoms with Crippen LogP contribution in [0.25, 0.3) is 0 Å². The van der Waals surface area contributed by atoms with Crippen molar-refractivity contribution >= 4 is 16.5 Å². The third-order valence-corrected chi connectivity index (χ3v) is 8.94. The third-order valence-electron chi connectivity index (χ3n) is 8.00. The Morgan fingerprint density at radius 2 is 1.86 bits per heavy atom. The zero-order valence-corrected chi connectivity index (χ0v) is 20.2. The van der Waals surface area contributed by atoms with Crippen LogP contribution in [0.3, 0.4) is 0 Å². The van der Waals surface area contributed by atoms with Gasteiger partial charge in [0.1, 0.15) is 16.6 Å². The molecule has 2 aliphatic heterocycles. The summed E-state index contributed by atoms with van der Waals surface area (Å²) in [7, 11) is 0. The maximum absolute atomic E-state index is 14.8. The first-order valence-electron chi connectivity index (χ1n) is 12.2. The molecule has 1 saturated heterocycles. The van der Waals surface area contributed by atoms with Gasteiger partial charge in [0.25, 0.3) is 0 Å². The Balaban J connectivity index is 1.21. The Bertz CT molecular complexity index is 1220. The number of rotatable bonds is 4. The number of benzene rings is 1. The lowest BCUT2D eigenvalue weighted by atomic mass is 9.82. The summed E-state index contributed by atoms with van der Waals surface area (Å²) in [6, 6.07) is 4.99. The van der Waals surface area contributed by atoms with E-state index in [-0.39, 0.29) is 11.5 Å². The van der Waals surface area contributed by atoms with Gasteiger partial charge < -0.3 is 4.90 Å². The van der Waals surface area contributed by atoms with Crippen molar-refractivity contribution in [3.63, 3.8) is 0 Å². The van der Waals surface area contributed by atoms with E-state index in [4.69, 9.17) is 10.1 Å². The van der Waals surface area contributed by atoms with Crippen LogP contribution in [-0.4, -0.2) is 32.2 Å². The number of fused-ring (bicyclic) bond motifs is 3. The van der Waals surface area contributed by atoms with E-state index in [9.17, 15) is 17.6 Å². The normalized spacial score (nSPS) is 26.3. The number of aryl methyl sites for hydroxylation is 2. The second-order valence-corrected chi connectivity index (χ2v) is 11.0. The fourth-order valence-electron chi connectivity index (χ4n) is 6.33. The molecule has 10 heteroatoms. The monoisotopic (exact) mass is 505 g/mol. The summed E-state index contributed by atoms with van der Waals surface area (Å²) in [4.78, 5) is 7.30. The molecule has 1 aliphatic carbocycles. The van der Waals surface area contributed by atoms with Crippen LogP contribution in [0.2, 0.25) is 0 Å². The number of aromatic nitrogens is 4. The molecule has 0 spiro atoms. The van der Waals surface area contributed by atoms with Gasteiger partial charge >= 0.3 is 6.18 Å². The predicted molar refractivity (Wildman–Crippen MR) is 125 cm³/mol. The van der Waals surface area contributed by atoms with Crippen LogP contribution in [0.1, 0.15) is 60.1 Å². The molecule has 3 aliphatic rings. The third kappa shape index (κ3) is 4.23.